The van der Waals surface area contributed by atoms with E-state index in [1.807, 2.05) is 12.1 Å². The first-order valence-electron chi connectivity index (χ1n) is 7.01. The van der Waals surface area contributed by atoms with Crippen LogP contribution < -0.4 is 14.8 Å². The Kier molecular flexibility index (Phi) is 5.05. The first kappa shape index (κ1) is 14.2. The van der Waals surface area contributed by atoms with Crippen LogP contribution in [0.2, 0.25) is 0 Å². The number of ether oxygens (including phenoxy) is 2. The number of fused-ring (bicyclic) bond motifs is 1. The van der Waals surface area contributed by atoms with Crippen molar-refractivity contribution in [1.29, 1.82) is 0 Å². The van der Waals surface area contributed by atoms with Gasteiger partial charge in [0.25, 0.3) is 0 Å². The Morgan fingerprint density at radius 3 is 2.68 bits per heavy atom. The average Bonchev–Trinajstić information content (AvgIpc) is 2.68. The molecule has 0 spiro atoms. The zero-order chi connectivity index (χ0) is 13.7. The van der Waals surface area contributed by atoms with E-state index in [2.05, 4.69) is 25.2 Å². The molecule has 0 radical (unpaired) electrons. The van der Waals surface area contributed by atoms with E-state index in [-0.39, 0.29) is 18.7 Å². The summed E-state index contributed by atoms with van der Waals surface area (Å²) < 4.78 is 11.3. The second-order valence-electron chi connectivity index (χ2n) is 4.93. The second-order valence-corrected chi connectivity index (χ2v) is 4.93. The molecule has 0 saturated carbocycles. The van der Waals surface area contributed by atoms with Crippen LogP contribution in [0, 0.1) is 0 Å². The summed E-state index contributed by atoms with van der Waals surface area (Å²) in [5, 5.41) is 12.7. The van der Waals surface area contributed by atoms with Gasteiger partial charge < -0.3 is 19.9 Å². The van der Waals surface area contributed by atoms with Crippen LogP contribution in [0.15, 0.2) is 18.2 Å². The van der Waals surface area contributed by atoms with Crippen molar-refractivity contribution in [3.63, 3.8) is 0 Å². The van der Waals surface area contributed by atoms with E-state index in [4.69, 9.17) is 9.47 Å². The molecule has 0 aromatic heterocycles. The molecule has 0 amide bonds. The van der Waals surface area contributed by atoms with Crippen molar-refractivity contribution in [2.45, 2.75) is 38.8 Å². The van der Waals surface area contributed by atoms with Gasteiger partial charge in [0, 0.05) is 18.5 Å². The minimum Gasteiger partial charge on any atom is -0.490 e. The van der Waals surface area contributed by atoms with E-state index in [0.29, 0.717) is 13.2 Å². The third-order valence-electron chi connectivity index (χ3n) is 3.47. The fourth-order valence-electron chi connectivity index (χ4n) is 2.20. The highest BCUT2D eigenvalue weighted by atomic mass is 16.5. The molecule has 106 valence electrons. The Morgan fingerprint density at radius 2 is 2.00 bits per heavy atom. The maximum absolute atomic E-state index is 9.24. The highest BCUT2D eigenvalue weighted by Crippen LogP contribution is 2.32. The van der Waals surface area contributed by atoms with E-state index in [0.717, 1.165) is 29.9 Å². The van der Waals surface area contributed by atoms with Crippen LogP contribution in [0.3, 0.4) is 0 Å². The molecule has 1 heterocycles. The Labute approximate surface area is 114 Å². The van der Waals surface area contributed by atoms with Gasteiger partial charge in [-0.15, -0.1) is 0 Å². The van der Waals surface area contributed by atoms with Gasteiger partial charge in [-0.2, -0.15) is 0 Å². The number of nitrogens with one attached hydrogen (secondary N) is 1. The van der Waals surface area contributed by atoms with E-state index < -0.39 is 0 Å². The predicted octanol–water partition coefficient (Wildman–Crippen LogP) is 2.27. The van der Waals surface area contributed by atoms with E-state index in [1.54, 1.807) is 0 Å². The molecule has 2 N–H and O–H groups in total. The molecular weight excluding hydrogens is 242 g/mol. The maximum atomic E-state index is 9.24. The van der Waals surface area contributed by atoms with Crippen molar-refractivity contribution in [2.24, 2.45) is 0 Å². The average molecular weight is 265 g/mol. The second kappa shape index (κ2) is 6.78. The monoisotopic (exact) mass is 265 g/mol. The summed E-state index contributed by atoms with van der Waals surface area (Å²) in [7, 11) is 0. The summed E-state index contributed by atoms with van der Waals surface area (Å²) in [6.07, 6.45) is 1.83. The highest BCUT2D eigenvalue weighted by Gasteiger charge is 2.15. The van der Waals surface area contributed by atoms with Gasteiger partial charge >= 0.3 is 0 Å². The molecule has 1 aromatic carbocycles. The zero-order valence-corrected chi connectivity index (χ0v) is 11.7. The Hall–Kier alpha value is -1.26. The Morgan fingerprint density at radius 1 is 1.26 bits per heavy atom. The fraction of sp³-hybridized carbons (Fsp3) is 0.600. The quantitative estimate of drug-likeness (QED) is 0.857. The third-order valence-corrected chi connectivity index (χ3v) is 3.47. The van der Waals surface area contributed by atoms with Gasteiger partial charge in [-0.05, 0) is 31.0 Å². The molecule has 1 aromatic rings. The first-order chi connectivity index (χ1) is 9.24. The number of hydrogen-bond donors (Lipinski definition) is 2. The number of hydrogen-bond acceptors (Lipinski definition) is 4. The number of benzene rings is 1. The van der Waals surface area contributed by atoms with E-state index in [1.165, 1.54) is 0 Å². The molecule has 1 unspecified atom stereocenters. The van der Waals surface area contributed by atoms with Crippen LogP contribution in [0.5, 0.6) is 11.5 Å². The topological polar surface area (TPSA) is 50.7 Å². The SMILES string of the molecule is CC[C@@H](CO)NC(C)c1ccc2c(c1)OCCCO2. The molecule has 0 fully saturated rings. The molecule has 0 bridgehead atoms. The summed E-state index contributed by atoms with van der Waals surface area (Å²) in [4.78, 5) is 0. The van der Waals surface area contributed by atoms with Crippen LogP contribution in [0.4, 0.5) is 0 Å². The highest BCUT2D eigenvalue weighted by molar-refractivity contribution is 5.44. The van der Waals surface area contributed by atoms with Crippen LogP contribution >= 0.6 is 0 Å². The minimum atomic E-state index is 0.131. The lowest BCUT2D eigenvalue weighted by atomic mass is 10.1. The normalized spacial score (nSPS) is 17.6. The van der Waals surface area contributed by atoms with Gasteiger partial charge in [-0.1, -0.05) is 13.0 Å². The van der Waals surface area contributed by atoms with Gasteiger partial charge in [-0.25, -0.2) is 0 Å². The number of aliphatic hydroxyl groups excluding tert-OH is 1. The van der Waals surface area contributed by atoms with Crippen LogP contribution in [-0.2, 0) is 0 Å². The molecule has 1 aliphatic heterocycles. The smallest absolute Gasteiger partial charge is 0.161 e. The number of aliphatic hydroxyl groups is 1. The molecule has 4 nitrogen and oxygen atoms in total. The molecule has 0 saturated heterocycles. The van der Waals surface area contributed by atoms with E-state index in [9.17, 15) is 5.11 Å². The molecular formula is C15H23NO3. The van der Waals surface area contributed by atoms with Crippen LogP contribution in [0.1, 0.15) is 38.3 Å². The lowest BCUT2D eigenvalue weighted by molar-refractivity contribution is 0.230. The van der Waals surface area contributed by atoms with Crippen molar-refractivity contribution in [3.8, 4) is 11.5 Å². The number of rotatable bonds is 5. The first-order valence-corrected chi connectivity index (χ1v) is 7.01. The molecule has 19 heavy (non-hydrogen) atoms. The largest absolute Gasteiger partial charge is 0.490 e. The molecule has 1 aliphatic rings. The lowest BCUT2D eigenvalue weighted by Gasteiger charge is -2.21. The summed E-state index contributed by atoms with van der Waals surface area (Å²) in [6, 6.07) is 6.35. The zero-order valence-electron chi connectivity index (χ0n) is 11.7. The van der Waals surface area contributed by atoms with Crippen molar-refractivity contribution < 1.29 is 14.6 Å². The predicted molar refractivity (Wildman–Crippen MR) is 74.8 cm³/mol. The minimum absolute atomic E-state index is 0.131. The summed E-state index contributed by atoms with van der Waals surface area (Å²) in [5.41, 5.74) is 1.15. The van der Waals surface area contributed by atoms with Crippen molar-refractivity contribution in [1.82, 2.24) is 5.32 Å². The van der Waals surface area contributed by atoms with Gasteiger partial charge in [0.1, 0.15) is 0 Å². The standard InChI is InChI=1S/C15H23NO3/c1-3-13(10-17)16-11(2)12-5-6-14-15(9-12)19-8-4-7-18-14/h5-6,9,11,13,16-17H,3-4,7-8,10H2,1-2H3/t11?,13-/m0/s1. The van der Waals surface area contributed by atoms with Crippen molar-refractivity contribution in [2.75, 3.05) is 19.8 Å². The van der Waals surface area contributed by atoms with Gasteiger partial charge in [0.2, 0.25) is 0 Å². The molecule has 4 heteroatoms. The van der Waals surface area contributed by atoms with Crippen molar-refractivity contribution in [3.05, 3.63) is 23.8 Å². The van der Waals surface area contributed by atoms with Gasteiger partial charge in [0.15, 0.2) is 11.5 Å². The van der Waals surface area contributed by atoms with Gasteiger partial charge in [0.05, 0.1) is 19.8 Å². The van der Waals surface area contributed by atoms with E-state index >= 15 is 0 Å². The Balaban J connectivity index is 2.10. The van der Waals surface area contributed by atoms with Crippen molar-refractivity contribution >= 4 is 0 Å². The molecule has 0 aliphatic carbocycles. The third kappa shape index (κ3) is 3.61. The summed E-state index contributed by atoms with van der Waals surface area (Å²) in [5.74, 6) is 1.64. The van der Waals surface area contributed by atoms with Crippen LogP contribution in [-0.4, -0.2) is 31.0 Å². The molecule has 2 atom stereocenters. The fourth-order valence-corrected chi connectivity index (χ4v) is 2.20. The van der Waals surface area contributed by atoms with Crippen LogP contribution in [0.25, 0.3) is 0 Å². The Bertz CT molecular complexity index is 404. The maximum Gasteiger partial charge on any atom is 0.161 e. The lowest BCUT2D eigenvalue weighted by Crippen LogP contribution is -2.33. The molecule has 2 rings (SSSR count). The summed E-state index contributed by atoms with van der Waals surface area (Å²) >= 11 is 0. The summed E-state index contributed by atoms with van der Waals surface area (Å²) in [6.45, 7) is 5.73. The van der Waals surface area contributed by atoms with Gasteiger partial charge in [-0.3, -0.25) is 0 Å².